The molecule has 4 N–H and O–H groups in total. The largest absolute Gasteiger partial charge is 0.353 e. The number of rotatable bonds is 11. The Bertz CT molecular complexity index is 1350. The van der Waals surface area contributed by atoms with Gasteiger partial charge >= 0.3 is 0 Å². The number of aromatic nitrogens is 4. The molecule has 0 radical (unpaired) electrons. The Labute approximate surface area is 230 Å². The van der Waals surface area contributed by atoms with Gasteiger partial charge in [0.15, 0.2) is 0 Å². The van der Waals surface area contributed by atoms with E-state index >= 15 is 0 Å². The Kier molecular flexibility index (Phi) is 9.07. The fraction of sp³-hybridized carbons (Fsp3) is 0.538. The van der Waals surface area contributed by atoms with Crippen LogP contribution in [-0.4, -0.2) is 68.1 Å². The summed E-state index contributed by atoms with van der Waals surface area (Å²) in [6, 6.07) is 1.76. The van der Waals surface area contributed by atoms with Crippen LogP contribution in [-0.2, 0) is 32.8 Å². The van der Waals surface area contributed by atoms with E-state index in [4.69, 9.17) is 0 Å². The van der Waals surface area contributed by atoms with Gasteiger partial charge in [-0.3, -0.25) is 28.8 Å². The van der Waals surface area contributed by atoms with Crippen LogP contribution < -0.4 is 26.8 Å². The Hall–Kier alpha value is -4.36. The fourth-order valence-electron chi connectivity index (χ4n) is 5.55. The molecule has 2 aliphatic rings. The van der Waals surface area contributed by atoms with Crippen molar-refractivity contribution in [3.8, 4) is 0 Å². The summed E-state index contributed by atoms with van der Waals surface area (Å²) < 4.78 is 2.41. The summed E-state index contributed by atoms with van der Waals surface area (Å²) in [6.45, 7) is -0.204. The highest BCUT2D eigenvalue weighted by Crippen LogP contribution is 2.42. The van der Waals surface area contributed by atoms with Crippen molar-refractivity contribution in [2.45, 2.75) is 63.6 Å². The number of likely N-dealkylation sites (N-methyl/N-ethyl adjacent to an activating group) is 1. The van der Waals surface area contributed by atoms with Crippen molar-refractivity contribution in [1.82, 2.24) is 35.5 Å². The molecule has 2 bridgehead atoms. The van der Waals surface area contributed by atoms with Crippen LogP contribution in [0.1, 0.15) is 55.4 Å². The van der Waals surface area contributed by atoms with E-state index in [1.54, 1.807) is 0 Å². The number of nitrogens with one attached hydrogen (secondary N) is 4. The van der Waals surface area contributed by atoms with E-state index in [2.05, 4.69) is 31.6 Å². The average molecular weight is 555 g/mol. The summed E-state index contributed by atoms with van der Waals surface area (Å²) >= 11 is 0. The van der Waals surface area contributed by atoms with Gasteiger partial charge in [0, 0.05) is 32.8 Å². The molecule has 14 heteroatoms. The van der Waals surface area contributed by atoms with Crippen LogP contribution in [0.2, 0.25) is 0 Å². The Morgan fingerprint density at radius 3 is 2.65 bits per heavy atom. The molecule has 3 unspecified atom stereocenters. The number of aryl methyl sites for hydroxylation is 1. The number of hydrogen-bond acceptors (Lipinski definition) is 8. The van der Waals surface area contributed by atoms with Gasteiger partial charge < -0.3 is 25.8 Å². The van der Waals surface area contributed by atoms with E-state index in [1.807, 2.05) is 0 Å². The lowest BCUT2D eigenvalue weighted by Crippen LogP contribution is -2.46. The van der Waals surface area contributed by atoms with Gasteiger partial charge in [-0.25, -0.2) is 4.68 Å². The summed E-state index contributed by atoms with van der Waals surface area (Å²) in [7, 11) is 2.80. The molecule has 14 nitrogen and oxygen atoms in total. The minimum absolute atomic E-state index is 0.0645. The van der Waals surface area contributed by atoms with Gasteiger partial charge in [0.2, 0.25) is 17.6 Å². The third-order valence-corrected chi connectivity index (χ3v) is 7.63. The van der Waals surface area contributed by atoms with Crippen LogP contribution in [0.5, 0.6) is 0 Å². The normalized spacial score (nSPS) is 20.3. The Balaban J connectivity index is 1.43. The molecular formula is C26H34N8O6. The van der Waals surface area contributed by atoms with Gasteiger partial charge in [-0.05, 0) is 49.7 Å². The quantitative estimate of drug-likeness (QED) is 0.268. The zero-order chi connectivity index (χ0) is 28.8. The first-order chi connectivity index (χ1) is 19.2. The number of Topliss-reactive ketones (excluding diaryl/α,β-unsaturated/α-hetero) is 1. The molecule has 0 saturated heterocycles. The highest BCUT2D eigenvalue weighted by Gasteiger charge is 2.37. The summed E-state index contributed by atoms with van der Waals surface area (Å²) in [4.78, 5) is 75.4. The maximum atomic E-state index is 13.2. The Morgan fingerprint density at radius 1 is 1.15 bits per heavy atom. The topological polar surface area (TPSA) is 186 Å². The minimum Gasteiger partial charge on any atom is -0.353 e. The smallest absolute Gasteiger partial charge is 0.287 e. The van der Waals surface area contributed by atoms with Gasteiger partial charge in [-0.2, -0.15) is 0 Å². The molecule has 2 aliphatic carbocycles. The number of pyridine rings is 1. The van der Waals surface area contributed by atoms with Gasteiger partial charge in [-0.15, -0.1) is 5.10 Å². The molecule has 2 heterocycles. The van der Waals surface area contributed by atoms with Crippen molar-refractivity contribution < 1.29 is 24.0 Å². The highest BCUT2D eigenvalue weighted by molar-refractivity contribution is 6.36. The van der Waals surface area contributed by atoms with Crippen molar-refractivity contribution in [2.24, 2.45) is 18.9 Å². The third-order valence-electron chi connectivity index (χ3n) is 7.63. The minimum atomic E-state index is -1.27. The van der Waals surface area contributed by atoms with Crippen molar-refractivity contribution in [2.75, 3.05) is 12.4 Å². The highest BCUT2D eigenvalue weighted by atomic mass is 16.2. The molecule has 214 valence electrons. The average Bonchev–Trinajstić information content (AvgIpc) is 3.48. The van der Waals surface area contributed by atoms with E-state index in [1.165, 1.54) is 60.7 Å². The van der Waals surface area contributed by atoms with E-state index in [-0.39, 0.29) is 42.7 Å². The Morgan fingerprint density at radius 2 is 1.95 bits per heavy atom. The molecule has 2 fully saturated rings. The zero-order valence-electron chi connectivity index (χ0n) is 22.5. The number of anilines is 1. The number of carbonyl (C=O) groups excluding carboxylic acids is 5. The number of ketones is 1. The molecule has 4 rings (SSSR count). The summed E-state index contributed by atoms with van der Waals surface area (Å²) in [6.07, 6.45) is 7.72. The molecule has 4 atom stereocenters. The molecular weight excluding hydrogens is 520 g/mol. The number of carbonyl (C=O) groups is 5. The van der Waals surface area contributed by atoms with Gasteiger partial charge in [-0.1, -0.05) is 18.1 Å². The third kappa shape index (κ3) is 6.79. The second-order valence-corrected chi connectivity index (χ2v) is 10.4. The molecule has 2 saturated carbocycles. The number of fused-ring (bicyclic) bond motifs is 2. The van der Waals surface area contributed by atoms with Gasteiger partial charge in [0.05, 0.1) is 6.20 Å². The van der Waals surface area contributed by atoms with Crippen molar-refractivity contribution >= 4 is 35.1 Å². The molecule has 0 spiro atoms. The zero-order valence-corrected chi connectivity index (χ0v) is 22.5. The maximum absolute atomic E-state index is 13.2. The molecule has 0 aromatic carbocycles. The molecule has 40 heavy (non-hydrogen) atoms. The van der Waals surface area contributed by atoms with E-state index in [0.717, 1.165) is 19.3 Å². The number of nitrogens with zero attached hydrogens (tertiary/aromatic N) is 4. The number of hydrogen-bond donors (Lipinski definition) is 4. The fourth-order valence-corrected chi connectivity index (χ4v) is 5.55. The van der Waals surface area contributed by atoms with Crippen LogP contribution >= 0.6 is 0 Å². The lowest BCUT2D eigenvalue weighted by Gasteiger charge is -2.22. The lowest BCUT2D eigenvalue weighted by atomic mass is 9.89. The summed E-state index contributed by atoms with van der Waals surface area (Å²) in [5.41, 5.74) is -0.635. The van der Waals surface area contributed by atoms with Crippen LogP contribution in [0.25, 0.3) is 0 Å². The predicted molar refractivity (Wildman–Crippen MR) is 142 cm³/mol. The van der Waals surface area contributed by atoms with Crippen molar-refractivity contribution in [1.29, 1.82) is 0 Å². The SMILES string of the molecule is CNC(=O)C(=O)CC[C@H](NC(=O)c1cnnn1C)C(=O)Nc1cccn(CC(=O)NC2CC3CCCC2C3)c1=O. The van der Waals surface area contributed by atoms with E-state index in [0.29, 0.717) is 11.8 Å². The van der Waals surface area contributed by atoms with E-state index < -0.39 is 35.1 Å². The van der Waals surface area contributed by atoms with Crippen LogP contribution in [0.15, 0.2) is 29.3 Å². The van der Waals surface area contributed by atoms with Crippen molar-refractivity contribution in [3.63, 3.8) is 0 Å². The van der Waals surface area contributed by atoms with Crippen LogP contribution in [0.3, 0.4) is 0 Å². The van der Waals surface area contributed by atoms with Gasteiger partial charge in [0.25, 0.3) is 17.4 Å². The first-order valence-electron chi connectivity index (χ1n) is 13.4. The van der Waals surface area contributed by atoms with Crippen molar-refractivity contribution in [3.05, 3.63) is 40.6 Å². The monoisotopic (exact) mass is 554 g/mol. The maximum Gasteiger partial charge on any atom is 0.287 e. The molecule has 2 aromatic rings. The van der Waals surface area contributed by atoms with Crippen LogP contribution in [0.4, 0.5) is 5.69 Å². The summed E-state index contributed by atoms with van der Waals surface area (Å²) in [5, 5.41) is 17.6. The second-order valence-electron chi connectivity index (χ2n) is 10.4. The predicted octanol–water partition coefficient (Wildman–Crippen LogP) is -0.496. The first kappa shape index (κ1) is 28.6. The molecule has 2 aromatic heterocycles. The first-order valence-corrected chi connectivity index (χ1v) is 13.4. The standard InChI is InChI=1S/C26H34N8O6/c1-27-25(39)21(35)9-8-17(30-24(38)20-13-28-32-33(20)2)23(37)31-18-7-4-10-34(26(18)40)14-22(36)29-19-12-15-5-3-6-16(19)11-15/h4,7,10,13,15-17,19H,3,5-6,8-9,11-12,14H2,1-2H3,(H,27,39)(H,29,36)(H,30,38)(H,31,37)/t15?,16?,17-,19?/m0/s1. The summed E-state index contributed by atoms with van der Waals surface area (Å²) in [5.74, 6) is -2.19. The number of amides is 4. The second kappa shape index (κ2) is 12.7. The van der Waals surface area contributed by atoms with Gasteiger partial charge in [0.1, 0.15) is 24.0 Å². The lowest BCUT2D eigenvalue weighted by molar-refractivity contribution is -0.137. The van der Waals surface area contributed by atoms with E-state index in [9.17, 15) is 28.8 Å². The van der Waals surface area contributed by atoms with Crippen LogP contribution in [0, 0.1) is 11.8 Å². The molecule has 0 aliphatic heterocycles. The molecule has 4 amide bonds.